The number of alkyl carbamates (subject to hydrolysis) is 1. The van der Waals surface area contributed by atoms with Gasteiger partial charge in [-0.1, -0.05) is 0 Å². The van der Waals surface area contributed by atoms with E-state index in [0.29, 0.717) is 0 Å². The summed E-state index contributed by atoms with van der Waals surface area (Å²) >= 11 is 0. The number of hydrogen-bond acceptors (Lipinski definition) is 6. The Balaban J connectivity index is 3.90. The quantitative estimate of drug-likeness (QED) is 0.377. The second-order valence-electron chi connectivity index (χ2n) is 5.08. The zero-order valence-corrected chi connectivity index (χ0v) is 11.5. The molecule has 0 bridgehead atoms. The molecular weight excluding hydrogens is 254 g/mol. The lowest BCUT2D eigenvalue weighted by Crippen LogP contribution is -2.48. The largest absolute Gasteiger partial charge is 0.444 e. The highest BCUT2D eigenvalue weighted by molar-refractivity contribution is 5.79. The van der Waals surface area contributed by atoms with Gasteiger partial charge in [0.2, 0.25) is 5.91 Å². The monoisotopic (exact) mass is 277 g/mol. The van der Waals surface area contributed by atoms with E-state index in [-0.39, 0.29) is 13.1 Å². The fraction of sp³-hybridized carbons (Fsp3) is 0.818. The van der Waals surface area contributed by atoms with E-state index in [9.17, 15) is 14.7 Å². The molecule has 8 nitrogen and oxygen atoms in total. The first-order valence-corrected chi connectivity index (χ1v) is 5.94. The average molecular weight is 277 g/mol. The van der Waals surface area contributed by atoms with Crippen molar-refractivity contribution in [3.8, 4) is 0 Å². The van der Waals surface area contributed by atoms with E-state index in [1.165, 1.54) is 0 Å². The molecule has 0 heterocycles. The summed E-state index contributed by atoms with van der Waals surface area (Å²) in [7, 11) is 0. The van der Waals surface area contributed by atoms with E-state index in [4.69, 9.17) is 15.6 Å². The maximum atomic E-state index is 11.3. The average Bonchev–Trinajstić information content (AvgIpc) is 2.24. The Labute approximate surface area is 112 Å². The summed E-state index contributed by atoms with van der Waals surface area (Å²) in [6, 6.07) is -0.920. The van der Waals surface area contributed by atoms with E-state index in [1.54, 1.807) is 20.8 Å². The Morgan fingerprint density at radius 2 is 1.89 bits per heavy atom. The number of primary amides is 1. The summed E-state index contributed by atoms with van der Waals surface area (Å²) in [6.45, 7) is 4.68. The molecule has 8 heteroatoms. The van der Waals surface area contributed by atoms with Gasteiger partial charge in [0.15, 0.2) is 0 Å². The van der Waals surface area contributed by atoms with Crippen LogP contribution in [0.3, 0.4) is 0 Å². The standard InChI is InChI=1S/C11H23N3O5/c1-11(2,3)19-10(18)14-5-7(16)4-13-8(6-15)9(12)17/h7-8,13,15-16H,4-6H2,1-3H3,(H2,12,17)(H,14,18)/t7?,8-/m0/s1. The van der Waals surface area contributed by atoms with E-state index < -0.39 is 36.4 Å². The van der Waals surface area contributed by atoms with Crippen LogP contribution in [0.2, 0.25) is 0 Å². The van der Waals surface area contributed by atoms with Gasteiger partial charge in [-0.25, -0.2) is 4.79 Å². The van der Waals surface area contributed by atoms with Crippen molar-refractivity contribution in [1.82, 2.24) is 10.6 Å². The van der Waals surface area contributed by atoms with Crippen LogP contribution >= 0.6 is 0 Å². The number of nitrogens with two attached hydrogens (primary N) is 1. The number of amides is 2. The molecule has 0 aromatic heterocycles. The van der Waals surface area contributed by atoms with Crippen molar-refractivity contribution in [2.75, 3.05) is 19.7 Å². The van der Waals surface area contributed by atoms with Crippen LogP contribution in [0, 0.1) is 0 Å². The summed E-state index contributed by atoms with van der Waals surface area (Å²) < 4.78 is 4.98. The number of hydrogen-bond donors (Lipinski definition) is 5. The molecule has 0 aliphatic heterocycles. The number of carbonyl (C=O) groups is 2. The van der Waals surface area contributed by atoms with Gasteiger partial charge in [-0.2, -0.15) is 0 Å². The Kier molecular flexibility index (Phi) is 7.35. The molecule has 0 fully saturated rings. The summed E-state index contributed by atoms with van der Waals surface area (Å²) in [6.07, 6.45) is -1.57. The summed E-state index contributed by atoms with van der Waals surface area (Å²) in [5.41, 5.74) is 4.38. The number of rotatable bonds is 7. The first-order valence-electron chi connectivity index (χ1n) is 5.94. The molecule has 0 aromatic rings. The second kappa shape index (κ2) is 7.93. The molecule has 0 radical (unpaired) electrons. The summed E-state index contributed by atoms with van der Waals surface area (Å²) in [5, 5.41) is 23.3. The third-order valence-corrected chi connectivity index (χ3v) is 2.01. The maximum absolute atomic E-state index is 11.3. The molecule has 0 aromatic carbocycles. The Hall–Kier alpha value is -1.38. The smallest absolute Gasteiger partial charge is 0.407 e. The van der Waals surface area contributed by atoms with Crippen molar-refractivity contribution < 1.29 is 24.5 Å². The Morgan fingerprint density at radius 1 is 1.32 bits per heavy atom. The van der Waals surface area contributed by atoms with Crippen molar-refractivity contribution in [1.29, 1.82) is 0 Å². The normalized spacial score (nSPS) is 14.6. The van der Waals surface area contributed by atoms with Gasteiger partial charge >= 0.3 is 6.09 Å². The predicted octanol–water partition coefficient (Wildman–Crippen LogP) is -1.69. The van der Waals surface area contributed by atoms with Gasteiger partial charge in [0.1, 0.15) is 11.6 Å². The van der Waals surface area contributed by atoms with Gasteiger partial charge in [-0.05, 0) is 20.8 Å². The zero-order chi connectivity index (χ0) is 15.1. The highest BCUT2D eigenvalue weighted by Gasteiger charge is 2.18. The van der Waals surface area contributed by atoms with Crippen molar-refractivity contribution >= 4 is 12.0 Å². The zero-order valence-electron chi connectivity index (χ0n) is 11.5. The molecule has 112 valence electrons. The third-order valence-electron chi connectivity index (χ3n) is 2.01. The molecular formula is C11H23N3O5. The van der Waals surface area contributed by atoms with E-state index in [1.807, 2.05) is 0 Å². The molecule has 0 aliphatic carbocycles. The number of carbonyl (C=O) groups excluding carboxylic acids is 2. The second-order valence-corrected chi connectivity index (χ2v) is 5.08. The number of aliphatic hydroxyl groups excluding tert-OH is 2. The SMILES string of the molecule is CC(C)(C)OC(=O)NCC(O)CN[C@@H](CO)C(N)=O. The van der Waals surface area contributed by atoms with Crippen molar-refractivity contribution in [3.63, 3.8) is 0 Å². The van der Waals surface area contributed by atoms with Crippen LogP contribution in [-0.4, -0.2) is 59.7 Å². The minimum Gasteiger partial charge on any atom is -0.444 e. The molecule has 19 heavy (non-hydrogen) atoms. The molecule has 0 saturated carbocycles. The summed E-state index contributed by atoms with van der Waals surface area (Å²) in [5.74, 6) is -0.713. The molecule has 0 rings (SSSR count). The molecule has 0 spiro atoms. The molecule has 2 atom stereocenters. The Morgan fingerprint density at radius 3 is 2.32 bits per heavy atom. The molecule has 6 N–H and O–H groups in total. The maximum Gasteiger partial charge on any atom is 0.407 e. The van der Waals surface area contributed by atoms with E-state index in [0.717, 1.165) is 0 Å². The van der Waals surface area contributed by atoms with Crippen molar-refractivity contribution in [2.45, 2.75) is 38.5 Å². The number of ether oxygens (including phenoxy) is 1. The van der Waals surface area contributed by atoms with Crippen LogP contribution in [0.1, 0.15) is 20.8 Å². The molecule has 0 saturated heterocycles. The first-order chi connectivity index (χ1) is 8.65. The van der Waals surface area contributed by atoms with Crippen LogP contribution in [-0.2, 0) is 9.53 Å². The van der Waals surface area contributed by atoms with Gasteiger partial charge in [0.05, 0.1) is 12.7 Å². The van der Waals surface area contributed by atoms with Gasteiger partial charge in [-0.15, -0.1) is 0 Å². The van der Waals surface area contributed by atoms with Crippen LogP contribution in [0.4, 0.5) is 4.79 Å². The Bertz CT molecular complexity index is 303. The lowest BCUT2D eigenvalue weighted by atomic mass is 10.2. The highest BCUT2D eigenvalue weighted by atomic mass is 16.6. The van der Waals surface area contributed by atoms with Gasteiger partial charge in [-0.3, -0.25) is 4.79 Å². The van der Waals surface area contributed by atoms with Crippen LogP contribution < -0.4 is 16.4 Å². The third kappa shape index (κ3) is 9.23. The van der Waals surface area contributed by atoms with E-state index >= 15 is 0 Å². The number of aliphatic hydroxyl groups is 2. The minimum atomic E-state index is -0.930. The van der Waals surface area contributed by atoms with Crippen LogP contribution in [0.5, 0.6) is 0 Å². The first kappa shape index (κ1) is 17.6. The van der Waals surface area contributed by atoms with Gasteiger partial charge in [0.25, 0.3) is 0 Å². The molecule has 2 amide bonds. The molecule has 0 aliphatic rings. The minimum absolute atomic E-state index is 0.00393. The fourth-order valence-corrected chi connectivity index (χ4v) is 1.12. The van der Waals surface area contributed by atoms with Crippen LogP contribution in [0.25, 0.3) is 0 Å². The molecule has 1 unspecified atom stereocenters. The lowest BCUT2D eigenvalue weighted by molar-refractivity contribution is -0.121. The van der Waals surface area contributed by atoms with E-state index in [2.05, 4.69) is 10.6 Å². The lowest BCUT2D eigenvalue weighted by Gasteiger charge is -2.21. The predicted molar refractivity (Wildman–Crippen MR) is 68.3 cm³/mol. The van der Waals surface area contributed by atoms with Crippen LogP contribution in [0.15, 0.2) is 0 Å². The highest BCUT2D eigenvalue weighted by Crippen LogP contribution is 2.06. The summed E-state index contributed by atoms with van der Waals surface area (Å²) in [4.78, 5) is 22.1. The number of nitrogens with one attached hydrogen (secondary N) is 2. The van der Waals surface area contributed by atoms with Gasteiger partial charge < -0.3 is 31.3 Å². The fourth-order valence-electron chi connectivity index (χ4n) is 1.12. The van der Waals surface area contributed by atoms with Crippen molar-refractivity contribution in [2.24, 2.45) is 5.73 Å². The van der Waals surface area contributed by atoms with Crippen molar-refractivity contribution in [3.05, 3.63) is 0 Å². The topological polar surface area (TPSA) is 134 Å². The van der Waals surface area contributed by atoms with Gasteiger partial charge in [0, 0.05) is 13.1 Å².